The Kier molecular flexibility index (Phi) is 3.43. The first-order chi connectivity index (χ1) is 7.72. The maximum Gasteiger partial charge on any atom is 0.311 e. The van der Waals surface area contributed by atoms with Gasteiger partial charge in [-0.25, -0.2) is 0 Å². The molecule has 2 aliphatic heterocycles. The molecule has 5 heteroatoms. The highest BCUT2D eigenvalue weighted by Gasteiger charge is 2.39. The van der Waals surface area contributed by atoms with E-state index < -0.39 is 0 Å². The third-order valence-corrected chi connectivity index (χ3v) is 3.25. The van der Waals surface area contributed by atoms with Gasteiger partial charge in [0.05, 0.1) is 12.5 Å². The van der Waals surface area contributed by atoms with E-state index in [-0.39, 0.29) is 23.8 Å². The summed E-state index contributed by atoms with van der Waals surface area (Å²) < 4.78 is 4.95. The summed E-state index contributed by atoms with van der Waals surface area (Å²) >= 11 is 0. The van der Waals surface area contributed by atoms with Crippen LogP contribution in [0.25, 0.3) is 0 Å². The van der Waals surface area contributed by atoms with Crippen molar-refractivity contribution in [3.8, 4) is 0 Å². The Bertz CT molecular complexity index is 287. The Labute approximate surface area is 95.1 Å². The van der Waals surface area contributed by atoms with Crippen LogP contribution in [0.4, 0.5) is 0 Å². The van der Waals surface area contributed by atoms with Crippen LogP contribution < -0.4 is 5.32 Å². The van der Waals surface area contributed by atoms with Gasteiger partial charge in [-0.2, -0.15) is 0 Å². The molecule has 0 radical (unpaired) electrons. The van der Waals surface area contributed by atoms with Crippen LogP contribution in [0.2, 0.25) is 0 Å². The molecule has 0 saturated carbocycles. The highest BCUT2D eigenvalue weighted by Crippen LogP contribution is 2.23. The Morgan fingerprint density at radius 1 is 1.62 bits per heavy atom. The lowest BCUT2D eigenvalue weighted by Gasteiger charge is -2.23. The quantitative estimate of drug-likeness (QED) is 0.675. The van der Waals surface area contributed by atoms with E-state index in [0.717, 1.165) is 19.5 Å². The summed E-state index contributed by atoms with van der Waals surface area (Å²) in [4.78, 5) is 25.1. The molecule has 0 spiro atoms. The fraction of sp³-hybridized carbons (Fsp3) is 0.818. The maximum atomic E-state index is 11.8. The Morgan fingerprint density at radius 2 is 2.44 bits per heavy atom. The Balaban J connectivity index is 1.93. The van der Waals surface area contributed by atoms with Crippen molar-refractivity contribution in [3.05, 3.63) is 0 Å². The number of nitrogens with one attached hydrogen (secondary N) is 1. The second-order valence-corrected chi connectivity index (χ2v) is 4.35. The first-order valence-corrected chi connectivity index (χ1v) is 5.89. The van der Waals surface area contributed by atoms with Crippen LogP contribution in [0.5, 0.6) is 0 Å². The summed E-state index contributed by atoms with van der Waals surface area (Å²) in [7, 11) is 0. The predicted molar refractivity (Wildman–Crippen MR) is 57.7 cm³/mol. The van der Waals surface area contributed by atoms with Crippen molar-refractivity contribution in [1.29, 1.82) is 0 Å². The molecule has 90 valence electrons. The number of likely N-dealkylation sites (tertiary alicyclic amines) is 1. The van der Waals surface area contributed by atoms with Gasteiger partial charge >= 0.3 is 5.97 Å². The van der Waals surface area contributed by atoms with Gasteiger partial charge in [-0.1, -0.05) is 0 Å². The minimum Gasteiger partial charge on any atom is -0.466 e. The van der Waals surface area contributed by atoms with Crippen LogP contribution >= 0.6 is 0 Å². The average molecular weight is 226 g/mol. The van der Waals surface area contributed by atoms with Crippen LogP contribution in [-0.4, -0.2) is 49.1 Å². The molecule has 0 bridgehead atoms. The fourth-order valence-electron chi connectivity index (χ4n) is 2.41. The molecule has 16 heavy (non-hydrogen) atoms. The van der Waals surface area contributed by atoms with E-state index in [1.807, 2.05) is 4.90 Å². The summed E-state index contributed by atoms with van der Waals surface area (Å²) in [6, 6.07) is 0.270. The van der Waals surface area contributed by atoms with Crippen LogP contribution in [-0.2, 0) is 14.3 Å². The van der Waals surface area contributed by atoms with Gasteiger partial charge in [-0.05, 0) is 19.9 Å². The summed E-state index contributed by atoms with van der Waals surface area (Å²) in [5, 5.41) is 3.23. The largest absolute Gasteiger partial charge is 0.466 e. The number of ether oxygens (including phenoxy) is 1. The zero-order chi connectivity index (χ0) is 11.5. The van der Waals surface area contributed by atoms with E-state index in [4.69, 9.17) is 4.74 Å². The first-order valence-electron chi connectivity index (χ1n) is 5.89. The molecule has 2 saturated heterocycles. The van der Waals surface area contributed by atoms with Crippen LogP contribution in [0.1, 0.15) is 19.8 Å². The second kappa shape index (κ2) is 4.82. The zero-order valence-corrected chi connectivity index (χ0v) is 9.57. The molecule has 2 heterocycles. The van der Waals surface area contributed by atoms with E-state index in [9.17, 15) is 9.59 Å². The van der Waals surface area contributed by atoms with Crippen molar-refractivity contribution in [2.24, 2.45) is 5.92 Å². The lowest BCUT2D eigenvalue weighted by atomic mass is 10.1. The fourth-order valence-corrected chi connectivity index (χ4v) is 2.41. The van der Waals surface area contributed by atoms with E-state index in [2.05, 4.69) is 5.32 Å². The average Bonchev–Trinajstić information content (AvgIpc) is 2.86. The number of esters is 1. The molecule has 0 aromatic carbocycles. The number of carbonyl (C=O) groups is 2. The first kappa shape index (κ1) is 11.4. The van der Waals surface area contributed by atoms with Crippen molar-refractivity contribution in [1.82, 2.24) is 10.2 Å². The molecule has 0 aromatic heterocycles. The monoisotopic (exact) mass is 226 g/mol. The molecule has 2 rings (SSSR count). The smallest absolute Gasteiger partial charge is 0.311 e. The van der Waals surface area contributed by atoms with Gasteiger partial charge in [-0.3, -0.25) is 9.59 Å². The maximum absolute atomic E-state index is 11.8. The molecule has 2 unspecified atom stereocenters. The predicted octanol–water partition coefficient (Wildman–Crippen LogP) is -0.240. The molecule has 2 fully saturated rings. The van der Waals surface area contributed by atoms with E-state index in [1.54, 1.807) is 6.92 Å². The van der Waals surface area contributed by atoms with Crippen molar-refractivity contribution in [2.75, 3.05) is 26.2 Å². The standard InChI is InChI=1S/C11H18N2O3/c1-2-16-11(15)8-5-10(14)13(7-8)9-3-4-12-6-9/h8-9,12H,2-7H2,1H3. The molecule has 2 atom stereocenters. The second-order valence-electron chi connectivity index (χ2n) is 4.35. The van der Waals surface area contributed by atoms with Crippen LogP contribution in [0, 0.1) is 5.92 Å². The molecular formula is C11H18N2O3. The van der Waals surface area contributed by atoms with Crippen LogP contribution in [0.3, 0.4) is 0 Å². The van der Waals surface area contributed by atoms with Gasteiger partial charge in [-0.15, -0.1) is 0 Å². The zero-order valence-electron chi connectivity index (χ0n) is 9.57. The highest BCUT2D eigenvalue weighted by atomic mass is 16.5. The topological polar surface area (TPSA) is 58.6 Å². The number of amides is 1. The lowest BCUT2D eigenvalue weighted by molar-refractivity contribution is -0.147. The van der Waals surface area contributed by atoms with Crippen LogP contribution in [0.15, 0.2) is 0 Å². The van der Waals surface area contributed by atoms with Gasteiger partial charge in [0.15, 0.2) is 0 Å². The van der Waals surface area contributed by atoms with E-state index in [1.165, 1.54) is 0 Å². The summed E-state index contributed by atoms with van der Waals surface area (Å²) in [6.07, 6.45) is 1.30. The van der Waals surface area contributed by atoms with Gasteiger partial charge in [0.2, 0.25) is 5.91 Å². The molecule has 2 aliphatic rings. The number of nitrogens with zero attached hydrogens (tertiary/aromatic N) is 1. The van der Waals surface area contributed by atoms with Crippen molar-refractivity contribution < 1.29 is 14.3 Å². The molecule has 5 nitrogen and oxygen atoms in total. The number of hydrogen-bond acceptors (Lipinski definition) is 4. The minimum atomic E-state index is -0.256. The van der Waals surface area contributed by atoms with E-state index in [0.29, 0.717) is 19.6 Å². The lowest BCUT2D eigenvalue weighted by Crippen LogP contribution is -2.38. The van der Waals surface area contributed by atoms with Gasteiger partial charge < -0.3 is 15.0 Å². The molecule has 0 aromatic rings. The third kappa shape index (κ3) is 2.19. The van der Waals surface area contributed by atoms with Crippen molar-refractivity contribution in [3.63, 3.8) is 0 Å². The molecule has 1 N–H and O–H groups in total. The Hall–Kier alpha value is -1.10. The van der Waals surface area contributed by atoms with E-state index >= 15 is 0 Å². The SMILES string of the molecule is CCOC(=O)C1CC(=O)N(C2CCNC2)C1. The normalized spacial score (nSPS) is 29.8. The molecule has 0 aliphatic carbocycles. The third-order valence-electron chi connectivity index (χ3n) is 3.25. The Morgan fingerprint density at radius 3 is 3.06 bits per heavy atom. The highest BCUT2D eigenvalue weighted by molar-refractivity contribution is 5.87. The van der Waals surface area contributed by atoms with Gasteiger partial charge in [0.1, 0.15) is 0 Å². The summed E-state index contributed by atoms with van der Waals surface area (Å²) in [5.41, 5.74) is 0. The van der Waals surface area contributed by atoms with Gasteiger partial charge in [0, 0.05) is 25.6 Å². The molecular weight excluding hydrogens is 208 g/mol. The summed E-state index contributed by atoms with van der Waals surface area (Å²) in [6.45, 7) is 4.51. The minimum absolute atomic E-state index is 0.0896. The van der Waals surface area contributed by atoms with Crippen molar-refractivity contribution in [2.45, 2.75) is 25.8 Å². The summed E-state index contributed by atoms with van der Waals surface area (Å²) in [5.74, 6) is -0.399. The number of rotatable bonds is 3. The number of hydrogen-bond donors (Lipinski definition) is 1. The van der Waals surface area contributed by atoms with Crippen molar-refractivity contribution >= 4 is 11.9 Å². The number of carbonyl (C=O) groups excluding carboxylic acids is 2. The molecule has 1 amide bonds. The van der Waals surface area contributed by atoms with Gasteiger partial charge in [0.25, 0.3) is 0 Å².